The molecule has 364 valence electrons. The van der Waals surface area contributed by atoms with Gasteiger partial charge in [-0.3, -0.25) is 38.6 Å². The number of carbonyl (C=O) groups excluding carboxylic acids is 6. The number of esters is 1. The van der Waals surface area contributed by atoms with E-state index in [1.807, 2.05) is 13.0 Å². The Balaban J connectivity index is 1.10. The highest BCUT2D eigenvalue weighted by atomic mass is 16.7. The number of methoxy groups -OCH3 is 1. The van der Waals surface area contributed by atoms with Crippen LogP contribution in [-0.2, 0) is 65.7 Å². The first-order valence-electron chi connectivity index (χ1n) is 21.6. The number of nitrogens with zero attached hydrogens (tertiary/aromatic N) is 3. The second-order valence-corrected chi connectivity index (χ2v) is 15.7. The number of ether oxygens (including phenoxy) is 7. The highest BCUT2D eigenvalue weighted by Gasteiger charge is 2.39. The van der Waals surface area contributed by atoms with E-state index in [-0.39, 0.29) is 115 Å². The van der Waals surface area contributed by atoms with Crippen LogP contribution in [-0.4, -0.2) is 154 Å². The molecule has 67 heavy (non-hydrogen) atoms. The van der Waals surface area contributed by atoms with Crippen LogP contribution >= 0.6 is 0 Å². The maximum Gasteiger partial charge on any atom is 0.333 e. The molecule has 4 heterocycles. The molecular weight excluding hydrogens is 883 g/mol. The van der Waals surface area contributed by atoms with E-state index >= 15 is 0 Å². The number of benzene rings is 1. The van der Waals surface area contributed by atoms with Crippen molar-refractivity contribution in [2.24, 2.45) is 4.99 Å². The van der Waals surface area contributed by atoms with Crippen LogP contribution in [0.15, 0.2) is 33.6 Å². The van der Waals surface area contributed by atoms with Gasteiger partial charge in [-0.05, 0) is 32.8 Å². The van der Waals surface area contributed by atoms with Crippen molar-refractivity contribution in [3.05, 3.63) is 50.9 Å². The van der Waals surface area contributed by atoms with Crippen LogP contribution in [0.4, 0.5) is 5.69 Å². The van der Waals surface area contributed by atoms with Crippen molar-refractivity contribution in [3.63, 3.8) is 0 Å². The second kappa shape index (κ2) is 25.3. The lowest BCUT2D eigenvalue weighted by Gasteiger charge is -2.28. The minimum atomic E-state index is -1.49. The van der Waals surface area contributed by atoms with Crippen molar-refractivity contribution < 1.29 is 71.8 Å². The molecule has 0 spiro atoms. The number of hydrogen-bond donors (Lipinski definition) is 5. The van der Waals surface area contributed by atoms with Gasteiger partial charge < -0.3 is 69.0 Å². The number of amides is 5. The van der Waals surface area contributed by atoms with Gasteiger partial charge in [0, 0.05) is 57.8 Å². The maximum absolute atomic E-state index is 13.9. The van der Waals surface area contributed by atoms with Gasteiger partial charge in [0.25, 0.3) is 5.56 Å². The smallest absolute Gasteiger partial charge is 0.333 e. The average Bonchev–Trinajstić information content (AvgIpc) is 3.98. The van der Waals surface area contributed by atoms with Crippen molar-refractivity contribution in [3.8, 4) is 17.2 Å². The number of allylic oxidation sites excluding steroid dienone is 1. The lowest BCUT2D eigenvalue weighted by molar-refractivity contribution is -0.146. The molecule has 0 saturated carbocycles. The lowest BCUT2D eigenvalue weighted by Crippen LogP contribution is -2.55. The van der Waals surface area contributed by atoms with Gasteiger partial charge in [0.05, 0.1) is 82.4 Å². The molecule has 3 aliphatic heterocycles. The standard InChI is InChI=1S/C44H57N7O16/c1-26-16-29-17-36-37(66-25-65-36)19-32(29)47-21-30-18-35(31(24-61-4)42(58)51(30)23-26)67-44(60)27(2)48-41(57)34-6-5-9-50(34)43(59)33(20-40(55)56)49-38(53)7-10-62-12-14-64-15-13-63-11-8-45-39(54)22-46-28(3)52/h16-19,21,27,33-34H,5-15,20,22-25H2,1-4H3,(H,45,54)(H,46,52)(H,48,57)(H,49,53)(H,55,56)/b26-16+,47-21+/t27?,33-,34-/m0/s1. The molecule has 3 aliphatic rings. The second-order valence-electron chi connectivity index (χ2n) is 15.7. The molecule has 5 rings (SSSR count). The average molecular weight is 940 g/mol. The van der Waals surface area contributed by atoms with Crippen LogP contribution in [0.1, 0.15) is 63.3 Å². The van der Waals surface area contributed by atoms with Gasteiger partial charge in [0.2, 0.25) is 36.3 Å². The van der Waals surface area contributed by atoms with Crippen LogP contribution < -0.4 is 41.0 Å². The first-order valence-corrected chi connectivity index (χ1v) is 21.6. The van der Waals surface area contributed by atoms with E-state index in [1.165, 1.54) is 42.7 Å². The number of aromatic nitrogens is 1. The summed E-state index contributed by atoms with van der Waals surface area (Å²) in [5, 5.41) is 19.6. The SMILES string of the molecule is COCc1c(OC(=O)C(C)NC(=O)[C@@H]2CCCN2C(=O)[C@H](CC(=O)O)NC(=O)CCOCCOCCOCCNC(=O)CNC(C)=O)cc2n(c1=O)C/C(C)=C/c1cc3c(cc1/N=C/2)OCO3. The van der Waals surface area contributed by atoms with E-state index in [0.717, 1.165) is 11.1 Å². The summed E-state index contributed by atoms with van der Waals surface area (Å²) in [7, 11) is 1.39. The van der Waals surface area contributed by atoms with Crippen LogP contribution in [0.5, 0.6) is 17.2 Å². The van der Waals surface area contributed by atoms with E-state index in [0.29, 0.717) is 29.3 Å². The Morgan fingerprint density at radius 3 is 2.33 bits per heavy atom. The van der Waals surface area contributed by atoms with E-state index in [4.69, 9.17) is 33.2 Å². The Morgan fingerprint density at radius 1 is 0.925 bits per heavy atom. The summed E-state index contributed by atoms with van der Waals surface area (Å²) < 4.78 is 39.7. The first kappa shape index (κ1) is 51.3. The van der Waals surface area contributed by atoms with Gasteiger partial charge in [-0.25, -0.2) is 4.79 Å². The number of carboxylic acid groups (broad SMARTS) is 1. The molecule has 23 nitrogen and oxygen atoms in total. The lowest BCUT2D eigenvalue weighted by atomic mass is 10.1. The van der Waals surface area contributed by atoms with Crippen molar-refractivity contribution in [1.29, 1.82) is 0 Å². The van der Waals surface area contributed by atoms with Crippen LogP contribution in [0.25, 0.3) is 6.08 Å². The molecule has 0 aliphatic carbocycles. The van der Waals surface area contributed by atoms with Crippen molar-refractivity contribution in [2.45, 2.75) is 77.7 Å². The highest BCUT2D eigenvalue weighted by molar-refractivity contribution is 5.95. The van der Waals surface area contributed by atoms with Crippen LogP contribution in [0.3, 0.4) is 0 Å². The zero-order valence-corrected chi connectivity index (χ0v) is 37.8. The number of pyridine rings is 1. The van der Waals surface area contributed by atoms with Gasteiger partial charge in [-0.1, -0.05) is 11.6 Å². The Bertz CT molecular complexity index is 2280. The molecule has 1 fully saturated rings. The summed E-state index contributed by atoms with van der Waals surface area (Å²) in [4.78, 5) is 107. The number of fused-ring (bicyclic) bond motifs is 3. The van der Waals surface area contributed by atoms with Crippen LogP contribution in [0.2, 0.25) is 0 Å². The number of likely N-dealkylation sites (tertiary alicyclic amines) is 1. The Labute approximate surface area is 385 Å². The predicted octanol–water partition coefficient (Wildman–Crippen LogP) is -0.0563. The summed E-state index contributed by atoms with van der Waals surface area (Å²) in [5.41, 5.74) is 2.00. The molecule has 1 aromatic carbocycles. The van der Waals surface area contributed by atoms with E-state index in [9.17, 15) is 43.5 Å². The molecule has 3 atom stereocenters. The number of carbonyl (C=O) groups is 7. The minimum absolute atomic E-state index is 0.0498. The number of aliphatic imine (C=N–C) groups is 1. The highest BCUT2D eigenvalue weighted by Crippen LogP contribution is 2.39. The third-order valence-corrected chi connectivity index (χ3v) is 10.4. The van der Waals surface area contributed by atoms with Crippen LogP contribution in [0, 0.1) is 0 Å². The third kappa shape index (κ3) is 15.2. The van der Waals surface area contributed by atoms with E-state index in [1.54, 1.807) is 12.1 Å². The number of nitrogens with one attached hydrogen (secondary N) is 4. The Hall–Kier alpha value is -6.69. The van der Waals surface area contributed by atoms with Crippen molar-refractivity contribution in [1.82, 2.24) is 30.7 Å². The fraction of sp³-hybridized carbons (Fsp3) is 0.523. The van der Waals surface area contributed by atoms with Gasteiger partial charge in [-0.2, -0.15) is 0 Å². The topological polar surface area (TPSA) is 290 Å². The molecule has 23 heteroatoms. The molecule has 0 bridgehead atoms. The largest absolute Gasteiger partial charge is 0.481 e. The number of hydrogen-bond acceptors (Lipinski definition) is 16. The summed E-state index contributed by atoms with van der Waals surface area (Å²) in [6, 6.07) is 1.17. The third-order valence-electron chi connectivity index (χ3n) is 10.4. The minimum Gasteiger partial charge on any atom is -0.481 e. The Morgan fingerprint density at radius 2 is 1.63 bits per heavy atom. The quantitative estimate of drug-likeness (QED) is 0.0681. The summed E-state index contributed by atoms with van der Waals surface area (Å²) >= 11 is 0. The van der Waals surface area contributed by atoms with Crippen molar-refractivity contribution >= 4 is 59.5 Å². The number of aliphatic carboxylic acids is 1. The molecule has 5 amide bonds. The molecule has 2 aromatic rings. The Kier molecular flexibility index (Phi) is 19.4. The summed E-state index contributed by atoms with van der Waals surface area (Å²) in [6.07, 6.45) is 3.01. The normalized spacial score (nSPS) is 16.9. The van der Waals surface area contributed by atoms with Gasteiger partial charge >= 0.3 is 11.9 Å². The van der Waals surface area contributed by atoms with Gasteiger partial charge in [-0.15, -0.1) is 0 Å². The van der Waals surface area contributed by atoms with E-state index in [2.05, 4.69) is 26.3 Å². The monoisotopic (exact) mass is 939 g/mol. The zero-order chi connectivity index (χ0) is 48.5. The number of carboxylic acids is 1. The predicted molar refractivity (Wildman–Crippen MR) is 236 cm³/mol. The first-order chi connectivity index (χ1) is 32.1. The molecule has 0 radical (unpaired) electrons. The molecule has 1 unspecified atom stereocenters. The molecule has 1 saturated heterocycles. The van der Waals surface area contributed by atoms with E-state index < -0.39 is 59.8 Å². The fourth-order valence-corrected chi connectivity index (χ4v) is 7.14. The molecular formula is C44H57N7O16. The van der Waals surface area contributed by atoms with Gasteiger partial charge in [0.1, 0.15) is 23.9 Å². The molecule has 5 N–H and O–H groups in total. The zero-order valence-electron chi connectivity index (χ0n) is 37.8. The fourth-order valence-electron chi connectivity index (χ4n) is 7.14. The maximum atomic E-state index is 13.9. The van der Waals surface area contributed by atoms with Crippen molar-refractivity contribution in [2.75, 3.05) is 73.2 Å². The summed E-state index contributed by atoms with van der Waals surface area (Å²) in [6.45, 7) is 5.86. The molecule has 1 aromatic heterocycles. The summed E-state index contributed by atoms with van der Waals surface area (Å²) in [5.74, 6) is -4.07. The van der Waals surface area contributed by atoms with Gasteiger partial charge in [0.15, 0.2) is 11.5 Å². The number of rotatable bonds is 24.